The van der Waals surface area contributed by atoms with Crippen LogP contribution in [0.2, 0.25) is 0 Å². The summed E-state index contributed by atoms with van der Waals surface area (Å²) < 4.78 is 11.4. The molecule has 0 spiro atoms. The fraction of sp³-hybridized carbons (Fsp3) is 0.267. The lowest BCUT2D eigenvalue weighted by atomic mass is 10.1. The highest BCUT2D eigenvalue weighted by atomic mass is 79.9. The van der Waals surface area contributed by atoms with Crippen LogP contribution in [0.25, 0.3) is 0 Å². The van der Waals surface area contributed by atoms with Gasteiger partial charge in [-0.1, -0.05) is 6.07 Å². The fourth-order valence-corrected chi connectivity index (χ4v) is 2.55. The minimum Gasteiger partial charge on any atom is -0.496 e. The monoisotopic (exact) mass is 396 g/mol. The van der Waals surface area contributed by atoms with Crippen molar-refractivity contribution in [1.82, 2.24) is 15.3 Å². The van der Waals surface area contributed by atoms with E-state index in [0.717, 1.165) is 17.1 Å². The predicted octanol–water partition coefficient (Wildman–Crippen LogP) is 2.79. The van der Waals surface area contributed by atoms with Gasteiger partial charge in [0.05, 0.1) is 14.2 Å². The van der Waals surface area contributed by atoms with E-state index in [1.165, 1.54) is 0 Å². The standard InChI is InChI=1S/C15H17BrN4O2S/c1-21-11-4-3-5-12(22-2)10(11)6-7-19-15(23)20-14-13(16)17-8-9-18-14/h3-5,8-9H,6-7H2,1-2H3,(H2,18,19,20,23). The summed E-state index contributed by atoms with van der Waals surface area (Å²) in [6.07, 6.45) is 3.89. The van der Waals surface area contributed by atoms with E-state index in [4.69, 9.17) is 21.7 Å². The van der Waals surface area contributed by atoms with Crippen LogP contribution in [0, 0.1) is 0 Å². The van der Waals surface area contributed by atoms with E-state index in [1.807, 2.05) is 18.2 Å². The van der Waals surface area contributed by atoms with E-state index in [0.29, 0.717) is 28.5 Å². The number of nitrogens with zero attached hydrogens (tertiary/aromatic N) is 2. The molecule has 0 unspecified atom stereocenters. The average molecular weight is 397 g/mol. The molecule has 1 heterocycles. The Bertz CT molecular complexity index is 662. The third-order valence-electron chi connectivity index (χ3n) is 3.08. The third kappa shape index (κ3) is 4.77. The molecule has 0 aliphatic heterocycles. The summed E-state index contributed by atoms with van der Waals surface area (Å²) in [6.45, 7) is 0.625. The first kappa shape index (κ1) is 17.4. The second-order valence-corrected chi connectivity index (χ2v) is 5.63. The number of hydrogen-bond donors (Lipinski definition) is 2. The molecular formula is C15H17BrN4O2S. The summed E-state index contributed by atoms with van der Waals surface area (Å²) in [7, 11) is 3.28. The summed E-state index contributed by atoms with van der Waals surface area (Å²) in [6, 6.07) is 5.71. The number of benzene rings is 1. The number of aromatic nitrogens is 2. The summed E-state index contributed by atoms with van der Waals surface area (Å²) in [4.78, 5) is 8.23. The lowest BCUT2D eigenvalue weighted by molar-refractivity contribution is 0.385. The Kier molecular flexibility index (Phi) is 6.54. The Hall–Kier alpha value is -1.93. The van der Waals surface area contributed by atoms with Crippen LogP contribution in [0.4, 0.5) is 5.82 Å². The smallest absolute Gasteiger partial charge is 0.172 e. The van der Waals surface area contributed by atoms with Gasteiger partial charge in [0, 0.05) is 24.5 Å². The lowest BCUT2D eigenvalue weighted by Gasteiger charge is -2.14. The number of methoxy groups -OCH3 is 2. The molecule has 2 aromatic rings. The largest absolute Gasteiger partial charge is 0.496 e. The number of anilines is 1. The molecule has 2 rings (SSSR count). The van der Waals surface area contributed by atoms with Gasteiger partial charge in [0.1, 0.15) is 16.1 Å². The second kappa shape index (κ2) is 8.64. The van der Waals surface area contributed by atoms with Gasteiger partial charge in [-0.25, -0.2) is 9.97 Å². The van der Waals surface area contributed by atoms with E-state index >= 15 is 0 Å². The van der Waals surface area contributed by atoms with Gasteiger partial charge in [-0.2, -0.15) is 0 Å². The van der Waals surface area contributed by atoms with Crippen LogP contribution in [-0.2, 0) is 6.42 Å². The third-order valence-corrected chi connectivity index (χ3v) is 3.90. The number of halogens is 1. The average Bonchev–Trinajstić information content (AvgIpc) is 2.57. The van der Waals surface area contributed by atoms with Gasteiger partial charge in [0.2, 0.25) is 0 Å². The van der Waals surface area contributed by atoms with Crippen molar-refractivity contribution in [2.24, 2.45) is 0 Å². The van der Waals surface area contributed by atoms with Crippen LogP contribution in [0.3, 0.4) is 0 Å². The fourth-order valence-electron chi connectivity index (χ4n) is 2.03. The second-order valence-electron chi connectivity index (χ2n) is 4.47. The predicted molar refractivity (Wildman–Crippen MR) is 97.2 cm³/mol. The molecule has 0 saturated heterocycles. The molecule has 0 amide bonds. The molecule has 1 aromatic heterocycles. The van der Waals surface area contributed by atoms with Gasteiger partial charge >= 0.3 is 0 Å². The molecule has 8 heteroatoms. The van der Waals surface area contributed by atoms with Gasteiger partial charge in [0.15, 0.2) is 10.9 Å². The van der Waals surface area contributed by atoms with Crippen molar-refractivity contribution in [3.8, 4) is 11.5 Å². The first-order valence-corrected chi connectivity index (χ1v) is 8.07. The van der Waals surface area contributed by atoms with Gasteiger partial charge in [-0.3, -0.25) is 0 Å². The van der Waals surface area contributed by atoms with Crippen molar-refractivity contribution >= 4 is 39.1 Å². The highest BCUT2D eigenvalue weighted by Crippen LogP contribution is 2.28. The first-order valence-electron chi connectivity index (χ1n) is 6.87. The summed E-state index contributed by atoms with van der Waals surface area (Å²) in [5.41, 5.74) is 0.994. The van der Waals surface area contributed by atoms with Crippen LogP contribution in [-0.4, -0.2) is 35.8 Å². The highest BCUT2D eigenvalue weighted by Gasteiger charge is 2.10. The maximum absolute atomic E-state index is 5.38. The van der Waals surface area contributed by atoms with E-state index in [2.05, 4.69) is 36.5 Å². The lowest BCUT2D eigenvalue weighted by Crippen LogP contribution is -2.30. The Labute approximate surface area is 148 Å². The molecule has 6 nitrogen and oxygen atoms in total. The van der Waals surface area contributed by atoms with Gasteiger partial charge in [-0.15, -0.1) is 0 Å². The van der Waals surface area contributed by atoms with Crippen molar-refractivity contribution in [2.45, 2.75) is 6.42 Å². The van der Waals surface area contributed by atoms with Crippen LogP contribution in [0.5, 0.6) is 11.5 Å². The number of ether oxygens (including phenoxy) is 2. The normalized spacial score (nSPS) is 10.0. The molecule has 0 atom stereocenters. The molecule has 122 valence electrons. The van der Waals surface area contributed by atoms with Gasteiger partial charge in [0.25, 0.3) is 0 Å². The van der Waals surface area contributed by atoms with E-state index in [-0.39, 0.29) is 0 Å². The summed E-state index contributed by atoms with van der Waals surface area (Å²) in [5, 5.41) is 6.59. The van der Waals surface area contributed by atoms with Crippen LogP contribution in [0.1, 0.15) is 5.56 Å². The van der Waals surface area contributed by atoms with E-state index < -0.39 is 0 Å². The molecule has 0 aliphatic rings. The molecule has 0 saturated carbocycles. The molecule has 23 heavy (non-hydrogen) atoms. The number of nitrogens with one attached hydrogen (secondary N) is 2. The minimum atomic E-state index is 0.472. The van der Waals surface area contributed by atoms with E-state index in [9.17, 15) is 0 Å². The van der Waals surface area contributed by atoms with Crippen molar-refractivity contribution in [3.63, 3.8) is 0 Å². The van der Waals surface area contributed by atoms with Crippen molar-refractivity contribution in [1.29, 1.82) is 0 Å². The van der Waals surface area contributed by atoms with Crippen molar-refractivity contribution < 1.29 is 9.47 Å². The zero-order valence-electron chi connectivity index (χ0n) is 12.8. The van der Waals surface area contributed by atoms with E-state index in [1.54, 1.807) is 26.6 Å². The molecule has 2 N–H and O–H groups in total. The minimum absolute atomic E-state index is 0.472. The Morgan fingerprint density at radius 3 is 2.43 bits per heavy atom. The van der Waals surface area contributed by atoms with Crippen molar-refractivity contribution in [3.05, 3.63) is 40.8 Å². The topological polar surface area (TPSA) is 68.3 Å². The molecule has 1 aromatic carbocycles. The maximum Gasteiger partial charge on any atom is 0.172 e. The molecule has 0 fully saturated rings. The van der Waals surface area contributed by atoms with Crippen molar-refractivity contribution in [2.75, 3.05) is 26.1 Å². The maximum atomic E-state index is 5.38. The number of thiocarbonyl (C=S) groups is 1. The highest BCUT2D eigenvalue weighted by molar-refractivity contribution is 9.10. The molecule has 0 radical (unpaired) electrons. The number of hydrogen-bond acceptors (Lipinski definition) is 5. The first-order chi connectivity index (χ1) is 11.2. The van der Waals surface area contributed by atoms with Crippen LogP contribution in [0.15, 0.2) is 35.2 Å². The zero-order chi connectivity index (χ0) is 16.7. The molecule has 0 aliphatic carbocycles. The van der Waals surface area contributed by atoms with Gasteiger partial charge < -0.3 is 20.1 Å². The molecular weight excluding hydrogens is 380 g/mol. The zero-order valence-corrected chi connectivity index (χ0v) is 15.2. The Morgan fingerprint density at radius 2 is 1.83 bits per heavy atom. The quantitative estimate of drug-likeness (QED) is 0.727. The summed E-state index contributed by atoms with van der Waals surface area (Å²) in [5.74, 6) is 2.16. The van der Waals surface area contributed by atoms with Crippen LogP contribution >= 0.6 is 28.1 Å². The Morgan fingerprint density at radius 1 is 1.17 bits per heavy atom. The Balaban J connectivity index is 1.92. The molecule has 0 bridgehead atoms. The SMILES string of the molecule is COc1cccc(OC)c1CCNC(=S)Nc1nccnc1Br. The van der Waals surface area contributed by atoms with Crippen LogP contribution < -0.4 is 20.1 Å². The summed E-state index contributed by atoms with van der Waals surface area (Å²) >= 11 is 8.57. The number of rotatable bonds is 6. The van der Waals surface area contributed by atoms with Gasteiger partial charge in [-0.05, 0) is 46.7 Å².